The van der Waals surface area contributed by atoms with Crippen LogP contribution in [-0.2, 0) is 4.84 Å². The summed E-state index contributed by atoms with van der Waals surface area (Å²) in [7, 11) is 2.68. The summed E-state index contributed by atoms with van der Waals surface area (Å²) < 4.78 is 36.9. The van der Waals surface area contributed by atoms with E-state index in [0.29, 0.717) is 0 Å². The topological polar surface area (TPSA) is 29.5 Å². The predicted molar refractivity (Wildman–Crippen MR) is 54.3 cm³/mol. The first-order chi connectivity index (χ1) is 7.36. The van der Waals surface area contributed by atoms with Gasteiger partial charge in [0.15, 0.2) is 0 Å². The molecule has 0 saturated heterocycles. The zero-order chi connectivity index (χ0) is 12.3. The van der Waals surface area contributed by atoms with Crippen LogP contribution in [0.4, 0.5) is 12.9 Å². The molecule has 0 aliphatic heterocycles. The second-order valence-corrected chi connectivity index (χ2v) is 3.18. The molecule has 0 unspecified atom stereocenters. The minimum atomic E-state index is -5.02. The molecule has 1 rings (SSSR count). The Kier molecular flexibility index (Phi) is 3.59. The molecule has 16 heavy (non-hydrogen) atoms. The molecule has 88 valence electrons. The normalized spacial score (nSPS) is 11.3. The zero-order valence-electron chi connectivity index (χ0n) is 8.78. The van der Waals surface area contributed by atoms with Gasteiger partial charge in [0, 0.05) is 12.6 Å². The Balaban J connectivity index is 2.91. The van der Waals surface area contributed by atoms with Crippen LogP contribution in [0.15, 0.2) is 24.3 Å². The van der Waals surface area contributed by atoms with Crippen molar-refractivity contribution in [3.63, 3.8) is 0 Å². The number of carbonyl (C=O) groups excluding carboxylic acids is 1. The highest BCUT2D eigenvalue weighted by Gasteiger charge is 2.25. The highest BCUT2D eigenvalue weighted by Crippen LogP contribution is 2.10. The van der Waals surface area contributed by atoms with E-state index in [1.165, 1.54) is 14.2 Å². The van der Waals surface area contributed by atoms with Crippen LogP contribution in [0.1, 0.15) is 10.4 Å². The van der Waals surface area contributed by atoms with Gasteiger partial charge in [-0.3, -0.25) is 9.63 Å². The van der Waals surface area contributed by atoms with E-state index >= 15 is 0 Å². The van der Waals surface area contributed by atoms with Gasteiger partial charge in [-0.05, 0) is 0 Å². The number of benzene rings is 1. The number of hydroxylamine groups is 2. The lowest BCUT2D eigenvalue weighted by molar-refractivity contribution is -0.0756. The molecule has 0 atom stereocenters. The minimum Gasteiger partial charge on any atom is -0.445 e. The van der Waals surface area contributed by atoms with Gasteiger partial charge < -0.3 is 12.9 Å². The second kappa shape index (κ2) is 4.57. The van der Waals surface area contributed by atoms with Gasteiger partial charge in [0.1, 0.15) is 0 Å². The summed E-state index contributed by atoms with van der Waals surface area (Å²) in [4.78, 5) is 16.1. The Hall–Kier alpha value is -1.50. The van der Waals surface area contributed by atoms with E-state index in [1.807, 2.05) is 0 Å². The quantitative estimate of drug-likeness (QED) is 0.581. The Morgan fingerprint density at radius 3 is 2.12 bits per heavy atom. The van der Waals surface area contributed by atoms with Crippen LogP contribution in [0.2, 0.25) is 0 Å². The lowest BCUT2D eigenvalue weighted by atomic mass is 9.80. The summed E-state index contributed by atoms with van der Waals surface area (Å²) in [6, 6.07) is 4.03. The van der Waals surface area contributed by atoms with E-state index in [2.05, 4.69) is 4.84 Å². The number of halogens is 3. The Morgan fingerprint density at radius 2 is 1.75 bits per heavy atom. The van der Waals surface area contributed by atoms with E-state index < -0.39 is 18.3 Å². The van der Waals surface area contributed by atoms with E-state index in [-0.39, 0.29) is 5.56 Å². The Labute approximate surface area is 90.8 Å². The average Bonchev–Trinajstić information content (AvgIpc) is 2.26. The van der Waals surface area contributed by atoms with Crippen molar-refractivity contribution >= 4 is 18.3 Å². The highest BCUT2D eigenvalue weighted by molar-refractivity contribution is 6.73. The molecule has 0 aromatic heterocycles. The molecule has 0 heterocycles. The molecule has 0 bridgehead atoms. The summed E-state index contributed by atoms with van der Waals surface area (Å²) in [6.07, 6.45) is 0. The summed E-state index contributed by atoms with van der Waals surface area (Å²) in [5, 5.41) is 0.938. The third-order valence-electron chi connectivity index (χ3n) is 2.10. The van der Waals surface area contributed by atoms with Gasteiger partial charge in [0.25, 0.3) is 5.91 Å². The molecule has 1 aromatic carbocycles. The Morgan fingerprint density at radius 1 is 1.25 bits per heavy atom. The maximum Gasteiger partial charge on any atom is 0.509 e. The van der Waals surface area contributed by atoms with Crippen molar-refractivity contribution in [3.8, 4) is 0 Å². The van der Waals surface area contributed by atoms with Gasteiger partial charge in [-0.15, -0.1) is 5.46 Å². The third-order valence-corrected chi connectivity index (χ3v) is 2.10. The summed E-state index contributed by atoms with van der Waals surface area (Å²) in [5.74, 6) is -0.497. The number of carbonyl (C=O) groups is 1. The molecule has 1 amide bonds. The van der Waals surface area contributed by atoms with E-state index in [4.69, 9.17) is 0 Å². The van der Waals surface area contributed by atoms with Crippen molar-refractivity contribution < 1.29 is 22.6 Å². The van der Waals surface area contributed by atoms with Crippen molar-refractivity contribution in [3.05, 3.63) is 29.8 Å². The first kappa shape index (κ1) is 12.6. The van der Waals surface area contributed by atoms with Gasteiger partial charge in [-0.1, -0.05) is 24.3 Å². The zero-order valence-corrected chi connectivity index (χ0v) is 8.78. The molecule has 0 aliphatic carbocycles. The van der Waals surface area contributed by atoms with E-state index in [9.17, 15) is 17.7 Å². The first-order valence-electron chi connectivity index (χ1n) is 4.48. The standard InChI is InChI=1S/C9H10BF3NO2/c1-14(16-2)9(15)7-3-5-8(6-4-7)10(11,12)13/h3-6H,1-2H3/q-1. The fourth-order valence-electron chi connectivity index (χ4n) is 1.11. The summed E-state index contributed by atoms with van der Waals surface area (Å²) >= 11 is 0. The fourth-order valence-corrected chi connectivity index (χ4v) is 1.11. The van der Waals surface area contributed by atoms with Crippen LogP contribution in [0.25, 0.3) is 0 Å². The van der Waals surface area contributed by atoms with Crippen LogP contribution in [0, 0.1) is 0 Å². The molecule has 0 fully saturated rings. The first-order valence-corrected chi connectivity index (χ1v) is 4.48. The average molecular weight is 232 g/mol. The van der Waals surface area contributed by atoms with Crippen LogP contribution in [-0.4, -0.2) is 32.1 Å². The maximum absolute atomic E-state index is 12.3. The molecule has 0 radical (unpaired) electrons. The molecule has 0 N–H and O–H groups in total. The monoisotopic (exact) mass is 232 g/mol. The predicted octanol–water partition coefficient (Wildman–Crippen LogP) is 1.37. The van der Waals surface area contributed by atoms with Gasteiger partial charge in [-0.25, -0.2) is 5.06 Å². The van der Waals surface area contributed by atoms with Crippen molar-refractivity contribution in [1.82, 2.24) is 5.06 Å². The van der Waals surface area contributed by atoms with Gasteiger partial charge >= 0.3 is 6.98 Å². The SMILES string of the molecule is CON(C)C(=O)c1ccc([B-](F)(F)F)cc1. The van der Waals surface area contributed by atoms with Gasteiger partial charge in [-0.2, -0.15) is 0 Å². The number of hydrogen-bond donors (Lipinski definition) is 0. The number of amides is 1. The number of nitrogens with zero attached hydrogens (tertiary/aromatic N) is 1. The van der Waals surface area contributed by atoms with Crippen molar-refractivity contribution in [1.29, 1.82) is 0 Å². The lowest BCUT2D eigenvalue weighted by Gasteiger charge is -2.16. The van der Waals surface area contributed by atoms with Crippen LogP contribution >= 0.6 is 0 Å². The smallest absolute Gasteiger partial charge is 0.445 e. The molecule has 3 nitrogen and oxygen atoms in total. The molecule has 0 spiro atoms. The van der Waals surface area contributed by atoms with Gasteiger partial charge in [0.2, 0.25) is 0 Å². The van der Waals surface area contributed by atoms with Crippen molar-refractivity contribution in [2.24, 2.45) is 0 Å². The van der Waals surface area contributed by atoms with Crippen LogP contribution in [0.3, 0.4) is 0 Å². The number of hydrogen-bond acceptors (Lipinski definition) is 2. The fraction of sp³-hybridized carbons (Fsp3) is 0.222. The third kappa shape index (κ3) is 2.76. The van der Waals surface area contributed by atoms with Gasteiger partial charge in [0.05, 0.1) is 7.11 Å². The summed E-state index contributed by atoms with van der Waals surface area (Å²) in [6.45, 7) is -5.02. The molecular weight excluding hydrogens is 222 g/mol. The Bertz CT molecular complexity index is 377. The highest BCUT2D eigenvalue weighted by atomic mass is 19.4. The van der Waals surface area contributed by atoms with E-state index in [1.54, 1.807) is 0 Å². The van der Waals surface area contributed by atoms with Crippen LogP contribution < -0.4 is 5.46 Å². The van der Waals surface area contributed by atoms with E-state index in [0.717, 1.165) is 29.3 Å². The molecule has 7 heteroatoms. The molecular formula is C9H10BF3NO2-. The minimum absolute atomic E-state index is 0.146. The van der Waals surface area contributed by atoms with Crippen molar-refractivity contribution in [2.75, 3.05) is 14.2 Å². The van der Waals surface area contributed by atoms with Crippen LogP contribution in [0.5, 0.6) is 0 Å². The lowest BCUT2D eigenvalue weighted by Crippen LogP contribution is -2.34. The largest absolute Gasteiger partial charge is 0.509 e. The molecule has 0 aliphatic rings. The maximum atomic E-state index is 12.3. The second-order valence-electron chi connectivity index (χ2n) is 3.18. The van der Waals surface area contributed by atoms with Crippen molar-refractivity contribution in [2.45, 2.75) is 0 Å². The summed E-state index contributed by atoms with van der Waals surface area (Å²) in [5.41, 5.74) is -0.579. The number of rotatable bonds is 3. The molecule has 0 saturated carbocycles. The molecule has 1 aromatic rings.